The van der Waals surface area contributed by atoms with E-state index in [2.05, 4.69) is 35.1 Å². The predicted molar refractivity (Wildman–Crippen MR) is 71.0 cm³/mol. The molecule has 1 aliphatic rings. The fourth-order valence-electron chi connectivity index (χ4n) is 2.32. The summed E-state index contributed by atoms with van der Waals surface area (Å²) in [5, 5.41) is 3.53. The topological polar surface area (TPSA) is 34.4 Å². The Morgan fingerprint density at radius 3 is 2.88 bits per heavy atom. The molecule has 4 heteroatoms. The molecule has 0 amide bonds. The quantitative estimate of drug-likeness (QED) is 0.904. The second-order valence-corrected chi connectivity index (χ2v) is 5.46. The number of furan rings is 1. The molecule has 17 heavy (non-hydrogen) atoms. The Morgan fingerprint density at radius 2 is 2.35 bits per heavy atom. The van der Waals surface area contributed by atoms with Crippen molar-refractivity contribution in [2.75, 3.05) is 13.2 Å². The van der Waals surface area contributed by atoms with Gasteiger partial charge in [0.25, 0.3) is 0 Å². The van der Waals surface area contributed by atoms with E-state index in [9.17, 15) is 0 Å². The van der Waals surface area contributed by atoms with Crippen molar-refractivity contribution in [1.82, 2.24) is 5.32 Å². The molecule has 3 nitrogen and oxygen atoms in total. The number of hydrogen-bond donors (Lipinski definition) is 1. The highest BCUT2D eigenvalue weighted by atomic mass is 79.9. The molecule has 2 heterocycles. The molecular formula is C13H20BrNO2. The highest BCUT2D eigenvalue weighted by Gasteiger charge is 2.34. The zero-order chi connectivity index (χ0) is 12.3. The van der Waals surface area contributed by atoms with Gasteiger partial charge in [0.05, 0.1) is 12.1 Å². The lowest BCUT2D eigenvalue weighted by Gasteiger charge is -2.25. The van der Waals surface area contributed by atoms with Gasteiger partial charge in [-0.1, -0.05) is 13.8 Å². The third kappa shape index (κ3) is 3.12. The largest absolute Gasteiger partial charge is 0.453 e. The van der Waals surface area contributed by atoms with Crippen molar-refractivity contribution in [3.05, 3.63) is 22.6 Å². The van der Waals surface area contributed by atoms with Crippen molar-refractivity contribution in [2.24, 2.45) is 5.92 Å². The normalized spacial score (nSPS) is 26.3. The Labute approximate surface area is 111 Å². The van der Waals surface area contributed by atoms with Crippen LogP contribution in [0.15, 0.2) is 21.2 Å². The Bertz CT molecular complexity index is 353. The third-order valence-electron chi connectivity index (χ3n) is 3.29. The molecule has 96 valence electrons. The smallest absolute Gasteiger partial charge is 0.169 e. The third-order valence-corrected chi connectivity index (χ3v) is 3.71. The number of rotatable bonds is 5. The van der Waals surface area contributed by atoms with Gasteiger partial charge in [-0.2, -0.15) is 0 Å². The van der Waals surface area contributed by atoms with Crippen molar-refractivity contribution < 1.29 is 9.15 Å². The molecule has 1 aromatic rings. The van der Waals surface area contributed by atoms with Crippen molar-refractivity contribution >= 4 is 15.9 Å². The van der Waals surface area contributed by atoms with Gasteiger partial charge >= 0.3 is 0 Å². The van der Waals surface area contributed by atoms with Gasteiger partial charge in [0.1, 0.15) is 5.76 Å². The lowest BCUT2D eigenvalue weighted by molar-refractivity contribution is 0.0535. The summed E-state index contributed by atoms with van der Waals surface area (Å²) in [5.41, 5.74) is 0. The molecule has 1 aromatic heterocycles. The molecule has 0 aromatic carbocycles. The molecule has 0 radical (unpaired) electrons. The van der Waals surface area contributed by atoms with Crippen molar-refractivity contribution in [2.45, 2.75) is 38.8 Å². The van der Waals surface area contributed by atoms with Gasteiger partial charge in [-0.3, -0.25) is 0 Å². The van der Waals surface area contributed by atoms with Gasteiger partial charge < -0.3 is 14.5 Å². The van der Waals surface area contributed by atoms with Crippen LogP contribution in [0.1, 0.15) is 38.5 Å². The lowest BCUT2D eigenvalue weighted by Crippen LogP contribution is -2.34. The fourth-order valence-corrected chi connectivity index (χ4v) is 2.64. The van der Waals surface area contributed by atoms with E-state index in [0.717, 1.165) is 36.4 Å². The van der Waals surface area contributed by atoms with Gasteiger partial charge in [0.2, 0.25) is 0 Å². The van der Waals surface area contributed by atoms with Crippen LogP contribution >= 0.6 is 15.9 Å². The van der Waals surface area contributed by atoms with Crippen LogP contribution in [-0.4, -0.2) is 19.3 Å². The van der Waals surface area contributed by atoms with E-state index in [1.165, 1.54) is 0 Å². The van der Waals surface area contributed by atoms with E-state index in [4.69, 9.17) is 9.15 Å². The first-order chi connectivity index (χ1) is 8.22. The monoisotopic (exact) mass is 301 g/mol. The van der Waals surface area contributed by atoms with Crippen LogP contribution in [0.2, 0.25) is 0 Å². The standard InChI is InChI=1S/C13H20BrNO2/c1-3-7-15-12(10-4-5-11(14)17-10)13-9(2)6-8-16-13/h4-5,9,12-13,15H,3,6-8H2,1-2H3. The number of nitrogens with one attached hydrogen (secondary N) is 1. The molecule has 2 rings (SSSR count). The Balaban J connectivity index is 2.12. The SMILES string of the molecule is CCCNC(c1ccc(Br)o1)C1OCCC1C. The average Bonchev–Trinajstić information content (AvgIpc) is 2.90. The Kier molecular flexibility index (Phi) is 4.65. The summed E-state index contributed by atoms with van der Waals surface area (Å²) in [6.45, 7) is 6.25. The van der Waals surface area contributed by atoms with E-state index in [-0.39, 0.29) is 12.1 Å². The van der Waals surface area contributed by atoms with Crippen LogP contribution in [-0.2, 0) is 4.74 Å². The summed E-state index contributed by atoms with van der Waals surface area (Å²) >= 11 is 3.36. The summed E-state index contributed by atoms with van der Waals surface area (Å²) in [7, 11) is 0. The van der Waals surface area contributed by atoms with Crippen molar-refractivity contribution in [3.63, 3.8) is 0 Å². The summed E-state index contributed by atoms with van der Waals surface area (Å²) in [6.07, 6.45) is 2.47. The van der Waals surface area contributed by atoms with Crippen LogP contribution in [0.5, 0.6) is 0 Å². The van der Waals surface area contributed by atoms with E-state index < -0.39 is 0 Å². The summed E-state index contributed by atoms with van der Waals surface area (Å²) in [4.78, 5) is 0. The second kappa shape index (κ2) is 6.03. The van der Waals surface area contributed by atoms with Crippen LogP contribution in [0.25, 0.3) is 0 Å². The maximum absolute atomic E-state index is 5.85. The number of hydrogen-bond acceptors (Lipinski definition) is 3. The molecular weight excluding hydrogens is 282 g/mol. The molecule has 3 atom stereocenters. The number of ether oxygens (including phenoxy) is 1. The minimum atomic E-state index is 0.166. The summed E-state index contributed by atoms with van der Waals surface area (Å²) in [6, 6.07) is 4.13. The van der Waals surface area contributed by atoms with Gasteiger partial charge in [0.15, 0.2) is 4.67 Å². The first-order valence-corrected chi connectivity index (χ1v) is 7.12. The molecule has 1 N–H and O–H groups in total. The molecule has 0 bridgehead atoms. The molecule has 0 saturated carbocycles. The van der Waals surface area contributed by atoms with Gasteiger partial charge in [0, 0.05) is 6.61 Å². The molecule has 3 unspecified atom stereocenters. The Morgan fingerprint density at radius 1 is 1.53 bits per heavy atom. The van der Waals surface area contributed by atoms with Gasteiger partial charge in [-0.05, 0) is 53.4 Å². The highest BCUT2D eigenvalue weighted by Crippen LogP contribution is 2.32. The minimum absolute atomic E-state index is 0.166. The zero-order valence-corrected chi connectivity index (χ0v) is 12.0. The van der Waals surface area contributed by atoms with Crippen LogP contribution < -0.4 is 5.32 Å². The maximum Gasteiger partial charge on any atom is 0.169 e. The summed E-state index contributed by atoms with van der Waals surface area (Å²) < 4.78 is 12.3. The highest BCUT2D eigenvalue weighted by molar-refractivity contribution is 9.10. The van der Waals surface area contributed by atoms with Gasteiger partial charge in [-0.15, -0.1) is 0 Å². The molecule has 1 saturated heterocycles. The van der Waals surface area contributed by atoms with Crippen molar-refractivity contribution in [1.29, 1.82) is 0 Å². The van der Waals surface area contributed by atoms with Crippen LogP contribution in [0.4, 0.5) is 0 Å². The van der Waals surface area contributed by atoms with E-state index in [1.54, 1.807) is 0 Å². The first-order valence-electron chi connectivity index (χ1n) is 6.32. The lowest BCUT2D eigenvalue weighted by atomic mass is 9.96. The number of halogens is 1. The predicted octanol–water partition coefficient (Wildman–Crippen LogP) is 3.51. The molecule has 0 spiro atoms. The van der Waals surface area contributed by atoms with E-state index in [0.29, 0.717) is 5.92 Å². The second-order valence-electron chi connectivity index (χ2n) is 4.68. The van der Waals surface area contributed by atoms with Crippen molar-refractivity contribution in [3.8, 4) is 0 Å². The maximum atomic E-state index is 5.85. The summed E-state index contributed by atoms with van der Waals surface area (Å²) in [5.74, 6) is 1.54. The fraction of sp³-hybridized carbons (Fsp3) is 0.692. The first kappa shape index (κ1) is 13.1. The molecule has 1 fully saturated rings. The van der Waals surface area contributed by atoms with Crippen LogP contribution in [0, 0.1) is 5.92 Å². The van der Waals surface area contributed by atoms with Gasteiger partial charge in [-0.25, -0.2) is 0 Å². The van der Waals surface area contributed by atoms with E-state index >= 15 is 0 Å². The average molecular weight is 302 g/mol. The van der Waals surface area contributed by atoms with Crippen LogP contribution in [0.3, 0.4) is 0 Å². The van der Waals surface area contributed by atoms with E-state index in [1.807, 2.05) is 12.1 Å². The molecule has 1 aliphatic heterocycles. The molecule has 0 aliphatic carbocycles. The Hall–Kier alpha value is -0.320. The zero-order valence-electron chi connectivity index (χ0n) is 10.4. The minimum Gasteiger partial charge on any atom is -0.453 e.